The lowest BCUT2D eigenvalue weighted by molar-refractivity contribution is -0.137. The maximum absolute atomic E-state index is 12.8. The Morgan fingerprint density at radius 2 is 2.12 bits per heavy atom. The molecular formula is C10H14F3N3O. The molecule has 1 aromatic heterocycles. The maximum Gasteiger partial charge on any atom is 0.420 e. The third-order valence-corrected chi connectivity index (χ3v) is 2.19. The van der Waals surface area contributed by atoms with E-state index in [0.717, 1.165) is 6.07 Å². The van der Waals surface area contributed by atoms with E-state index in [1.165, 1.54) is 25.3 Å². The molecule has 0 amide bonds. The Hall–Kier alpha value is -1.50. The van der Waals surface area contributed by atoms with Crippen molar-refractivity contribution in [3.63, 3.8) is 0 Å². The van der Waals surface area contributed by atoms with Gasteiger partial charge < -0.3 is 15.4 Å². The van der Waals surface area contributed by atoms with E-state index in [4.69, 9.17) is 10.5 Å². The van der Waals surface area contributed by atoms with Gasteiger partial charge in [0.2, 0.25) is 0 Å². The van der Waals surface area contributed by atoms with Crippen LogP contribution in [0.1, 0.15) is 5.56 Å². The summed E-state index contributed by atoms with van der Waals surface area (Å²) < 4.78 is 43.1. The molecule has 0 saturated carbocycles. The van der Waals surface area contributed by atoms with Crippen molar-refractivity contribution < 1.29 is 17.9 Å². The molecule has 7 heteroatoms. The van der Waals surface area contributed by atoms with Crippen molar-refractivity contribution in [3.8, 4) is 0 Å². The topological polar surface area (TPSA) is 51.4 Å². The number of aromatic nitrogens is 1. The summed E-state index contributed by atoms with van der Waals surface area (Å²) in [5.74, 6) is -0.149. The highest BCUT2D eigenvalue weighted by atomic mass is 19.4. The van der Waals surface area contributed by atoms with E-state index in [-0.39, 0.29) is 11.5 Å². The van der Waals surface area contributed by atoms with Gasteiger partial charge in [0, 0.05) is 20.7 Å². The van der Waals surface area contributed by atoms with Crippen LogP contribution in [-0.2, 0) is 10.9 Å². The van der Waals surface area contributed by atoms with Crippen LogP contribution in [0.25, 0.3) is 0 Å². The van der Waals surface area contributed by atoms with Crippen molar-refractivity contribution >= 4 is 11.5 Å². The van der Waals surface area contributed by atoms with Gasteiger partial charge in [0.05, 0.1) is 18.5 Å². The summed E-state index contributed by atoms with van der Waals surface area (Å²) in [7, 11) is 3.00. The van der Waals surface area contributed by atoms with E-state index < -0.39 is 11.7 Å². The van der Waals surface area contributed by atoms with E-state index in [1.807, 2.05) is 0 Å². The minimum atomic E-state index is -4.47. The SMILES string of the molecule is COCCN(C)c1ncc(N)cc1C(F)(F)F. The quantitative estimate of drug-likeness (QED) is 0.883. The molecule has 1 rings (SSSR count). The molecule has 0 atom stereocenters. The van der Waals surface area contributed by atoms with Gasteiger partial charge in [-0.1, -0.05) is 0 Å². The zero-order valence-corrected chi connectivity index (χ0v) is 9.58. The predicted octanol–water partition coefficient (Wildman–Crippen LogP) is 1.77. The summed E-state index contributed by atoms with van der Waals surface area (Å²) in [5.41, 5.74) is 4.47. The van der Waals surface area contributed by atoms with Crippen LogP contribution in [-0.4, -0.2) is 32.3 Å². The molecule has 17 heavy (non-hydrogen) atoms. The number of pyridine rings is 1. The molecule has 0 aliphatic carbocycles. The van der Waals surface area contributed by atoms with Gasteiger partial charge in [-0.3, -0.25) is 0 Å². The fourth-order valence-corrected chi connectivity index (χ4v) is 1.32. The van der Waals surface area contributed by atoms with Crippen LogP contribution < -0.4 is 10.6 Å². The normalized spacial score (nSPS) is 11.6. The number of nitrogen functional groups attached to an aromatic ring is 1. The van der Waals surface area contributed by atoms with Crippen LogP contribution in [0.4, 0.5) is 24.7 Å². The Bertz CT molecular complexity index is 382. The molecule has 96 valence electrons. The molecule has 0 radical (unpaired) electrons. The number of nitrogens with two attached hydrogens (primary N) is 1. The summed E-state index contributed by atoms with van der Waals surface area (Å²) in [6.45, 7) is 0.635. The molecule has 0 saturated heterocycles. The highest BCUT2D eigenvalue weighted by Gasteiger charge is 2.35. The van der Waals surface area contributed by atoms with Crippen molar-refractivity contribution in [2.75, 3.05) is 37.9 Å². The molecule has 0 aliphatic rings. The molecule has 1 aromatic rings. The van der Waals surface area contributed by atoms with Crippen molar-refractivity contribution in [3.05, 3.63) is 17.8 Å². The number of methoxy groups -OCH3 is 1. The third-order valence-electron chi connectivity index (χ3n) is 2.19. The second kappa shape index (κ2) is 5.22. The smallest absolute Gasteiger partial charge is 0.397 e. The fraction of sp³-hybridized carbons (Fsp3) is 0.500. The first-order valence-electron chi connectivity index (χ1n) is 4.89. The monoisotopic (exact) mass is 249 g/mol. The highest BCUT2D eigenvalue weighted by Crippen LogP contribution is 2.35. The lowest BCUT2D eigenvalue weighted by Gasteiger charge is -2.22. The van der Waals surface area contributed by atoms with Crippen molar-refractivity contribution in [1.29, 1.82) is 0 Å². The number of rotatable bonds is 4. The number of ether oxygens (including phenoxy) is 1. The summed E-state index contributed by atoms with van der Waals surface area (Å²) in [6, 6.07) is 0.881. The first-order chi connectivity index (χ1) is 7.86. The molecule has 0 bridgehead atoms. The lowest BCUT2D eigenvalue weighted by Crippen LogP contribution is -2.26. The number of anilines is 2. The van der Waals surface area contributed by atoms with Crippen molar-refractivity contribution in [2.45, 2.75) is 6.18 Å². The molecule has 2 N–H and O–H groups in total. The average Bonchev–Trinajstić information content (AvgIpc) is 2.24. The Labute approximate surface area is 97.2 Å². The van der Waals surface area contributed by atoms with Crippen LogP contribution in [0.5, 0.6) is 0 Å². The van der Waals surface area contributed by atoms with Crippen LogP contribution in [0, 0.1) is 0 Å². The van der Waals surface area contributed by atoms with E-state index in [1.54, 1.807) is 0 Å². The third kappa shape index (κ3) is 3.48. The Morgan fingerprint density at radius 1 is 1.47 bits per heavy atom. The largest absolute Gasteiger partial charge is 0.420 e. The summed E-state index contributed by atoms with van der Waals surface area (Å²) in [6.07, 6.45) is -3.27. The van der Waals surface area contributed by atoms with Crippen molar-refractivity contribution in [2.24, 2.45) is 0 Å². The van der Waals surface area contributed by atoms with Crippen LogP contribution >= 0.6 is 0 Å². The first-order valence-corrected chi connectivity index (χ1v) is 4.89. The van der Waals surface area contributed by atoms with E-state index >= 15 is 0 Å². The average molecular weight is 249 g/mol. The molecule has 0 aliphatic heterocycles. The molecule has 1 heterocycles. The maximum atomic E-state index is 12.8. The van der Waals surface area contributed by atoms with Gasteiger partial charge in [0.1, 0.15) is 11.4 Å². The standard InChI is InChI=1S/C10H14F3N3O/c1-16(3-4-17-2)9-8(10(11,12)13)5-7(14)6-15-9/h5-6H,3-4,14H2,1-2H3. The van der Waals surface area contributed by atoms with Gasteiger partial charge in [-0.15, -0.1) is 0 Å². The Balaban J connectivity index is 3.06. The molecule has 0 aromatic carbocycles. The van der Waals surface area contributed by atoms with Crippen LogP contribution in [0.15, 0.2) is 12.3 Å². The molecule has 0 spiro atoms. The molecular weight excluding hydrogens is 235 g/mol. The number of likely N-dealkylation sites (N-methyl/N-ethyl adjacent to an activating group) is 1. The zero-order valence-electron chi connectivity index (χ0n) is 9.58. The minimum absolute atomic E-state index is 0.0128. The second-order valence-corrected chi connectivity index (χ2v) is 3.55. The molecule has 0 unspecified atom stereocenters. The Morgan fingerprint density at radius 3 is 2.65 bits per heavy atom. The lowest BCUT2D eigenvalue weighted by atomic mass is 10.2. The van der Waals surface area contributed by atoms with Gasteiger partial charge in [0.15, 0.2) is 0 Å². The van der Waals surface area contributed by atoms with E-state index in [0.29, 0.717) is 13.2 Å². The van der Waals surface area contributed by atoms with Crippen LogP contribution in [0.2, 0.25) is 0 Å². The highest BCUT2D eigenvalue weighted by molar-refractivity contribution is 5.54. The van der Waals surface area contributed by atoms with Gasteiger partial charge in [0.25, 0.3) is 0 Å². The minimum Gasteiger partial charge on any atom is -0.397 e. The fourth-order valence-electron chi connectivity index (χ4n) is 1.32. The number of hydrogen-bond acceptors (Lipinski definition) is 4. The predicted molar refractivity (Wildman–Crippen MR) is 58.8 cm³/mol. The first kappa shape index (κ1) is 13.6. The van der Waals surface area contributed by atoms with E-state index in [2.05, 4.69) is 4.98 Å². The van der Waals surface area contributed by atoms with Gasteiger partial charge >= 0.3 is 6.18 Å². The van der Waals surface area contributed by atoms with Gasteiger partial charge in [-0.25, -0.2) is 4.98 Å². The van der Waals surface area contributed by atoms with Gasteiger partial charge in [-0.05, 0) is 6.07 Å². The Kier molecular flexibility index (Phi) is 4.17. The van der Waals surface area contributed by atoms with Crippen molar-refractivity contribution in [1.82, 2.24) is 4.98 Å². The van der Waals surface area contributed by atoms with Gasteiger partial charge in [-0.2, -0.15) is 13.2 Å². The number of nitrogens with zero attached hydrogens (tertiary/aromatic N) is 2. The summed E-state index contributed by atoms with van der Waals surface area (Å²) >= 11 is 0. The number of halogens is 3. The van der Waals surface area contributed by atoms with Crippen LogP contribution in [0.3, 0.4) is 0 Å². The summed E-state index contributed by atoms with van der Waals surface area (Å²) in [5, 5.41) is 0. The summed E-state index contributed by atoms with van der Waals surface area (Å²) in [4.78, 5) is 5.10. The number of hydrogen-bond donors (Lipinski definition) is 1. The molecule has 0 fully saturated rings. The second-order valence-electron chi connectivity index (χ2n) is 3.55. The molecule has 4 nitrogen and oxygen atoms in total. The zero-order chi connectivity index (χ0) is 13.1. The van der Waals surface area contributed by atoms with E-state index in [9.17, 15) is 13.2 Å². The number of alkyl halides is 3.